The topological polar surface area (TPSA) is 63.1 Å². The van der Waals surface area contributed by atoms with Gasteiger partial charge in [0.05, 0.1) is 0 Å². The molecule has 3 atom stereocenters. The van der Waals surface area contributed by atoms with E-state index >= 15 is 0 Å². The molecule has 2 aliphatic carbocycles. The zero-order valence-electron chi connectivity index (χ0n) is 18.5. The highest BCUT2D eigenvalue weighted by molar-refractivity contribution is 5.76. The number of nitrogens with zero attached hydrogens (tertiary/aromatic N) is 4. The van der Waals surface area contributed by atoms with Crippen molar-refractivity contribution in [3.8, 4) is 0 Å². The first-order valence-corrected chi connectivity index (χ1v) is 12.2. The van der Waals surface area contributed by atoms with Gasteiger partial charge in [0, 0.05) is 35.9 Å². The molecule has 3 heterocycles. The highest BCUT2D eigenvalue weighted by atomic mass is 16.1. The summed E-state index contributed by atoms with van der Waals surface area (Å²) in [7, 11) is 0. The van der Waals surface area contributed by atoms with Crippen LogP contribution in [0, 0.1) is 17.8 Å². The first-order valence-electron chi connectivity index (χ1n) is 12.2. The van der Waals surface area contributed by atoms with Crippen LogP contribution in [0.25, 0.3) is 11.0 Å². The van der Waals surface area contributed by atoms with Gasteiger partial charge in [-0.1, -0.05) is 24.6 Å². The molecular weight excluding hydrogens is 398 g/mol. The molecule has 0 radical (unpaired) electrons. The Balaban J connectivity index is 1.42. The lowest BCUT2D eigenvalue weighted by atomic mass is 9.89. The van der Waals surface area contributed by atoms with Crippen LogP contribution in [0.3, 0.4) is 0 Å². The van der Waals surface area contributed by atoms with E-state index in [1.54, 1.807) is 6.07 Å². The molecule has 2 aromatic heterocycles. The van der Waals surface area contributed by atoms with Crippen molar-refractivity contribution in [2.75, 3.05) is 18.0 Å². The fourth-order valence-electron chi connectivity index (χ4n) is 6.33. The van der Waals surface area contributed by atoms with Gasteiger partial charge in [-0.25, -0.2) is 4.98 Å². The molecule has 6 rings (SSSR count). The average Bonchev–Trinajstić information content (AvgIpc) is 3.46. The molecule has 3 aliphatic rings. The van der Waals surface area contributed by atoms with Crippen molar-refractivity contribution in [2.45, 2.75) is 51.1 Å². The van der Waals surface area contributed by atoms with E-state index in [0.29, 0.717) is 17.9 Å². The van der Waals surface area contributed by atoms with Gasteiger partial charge in [0.2, 0.25) is 5.95 Å². The van der Waals surface area contributed by atoms with Gasteiger partial charge >= 0.3 is 0 Å². The smallest absolute Gasteiger partial charge is 0.252 e. The molecule has 3 unspecified atom stereocenters. The number of benzene rings is 1. The van der Waals surface area contributed by atoms with Crippen molar-refractivity contribution in [1.82, 2.24) is 19.9 Å². The van der Waals surface area contributed by atoms with Gasteiger partial charge in [0.15, 0.2) is 0 Å². The van der Waals surface area contributed by atoms with Gasteiger partial charge in [0.1, 0.15) is 5.65 Å². The molecule has 3 aromatic rings. The summed E-state index contributed by atoms with van der Waals surface area (Å²) in [6.45, 7) is 2.78. The Labute approximate surface area is 188 Å². The molecule has 2 bridgehead atoms. The molecule has 3 fully saturated rings. The fourth-order valence-corrected chi connectivity index (χ4v) is 6.33. The van der Waals surface area contributed by atoms with Crippen molar-refractivity contribution in [3.05, 3.63) is 59.0 Å². The van der Waals surface area contributed by atoms with Crippen LogP contribution in [-0.2, 0) is 6.54 Å². The standard InChI is InChI=1S/C26H31N5O/c32-24-9-8-20-16-28-26(29-25(20)30(24)17-21-15-18-6-7-19(21)14-18)31(22-4-2-1-3-5-22)23-10-12-27-13-11-23/h1-5,8-9,16,18-19,21,23,27H,6-7,10-15,17H2. The average molecular weight is 430 g/mol. The molecule has 1 aliphatic heterocycles. The quantitative estimate of drug-likeness (QED) is 0.661. The molecule has 6 nitrogen and oxygen atoms in total. The van der Waals surface area contributed by atoms with E-state index in [0.717, 1.165) is 61.0 Å². The van der Waals surface area contributed by atoms with Crippen LogP contribution in [0.1, 0.15) is 38.5 Å². The number of aromatic nitrogens is 3. The molecule has 1 N–H and O–H groups in total. The van der Waals surface area contributed by atoms with Gasteiger partial charge < -0.3 is 10.2 Å². The molecule has 0 spiro atoms. The number of fused-ring (bicyclic) bond motifs is 3. The van der Waals surface area contributed by atoms with E-state index in [2.05, 4.69) is 34.5 Å². The summed E-state index contributed by atoms with van der Waals surface area (Å²) >= 11 is 0. The second-order valence-electron chi connectivity index (χ2n) is 9.85. The van der Waals surface area contributed by atoms with Crippen LogP contribution in [0.15, 0.2) is 53.5 Å². The van der Waals surface area contributed by atoms with Crippen molar-refractivity contribution in [2.24, 2.45) is 17.8 Å². The van der Waals surface area contributed by atoms with Crippen molar-refractivity contribution in [1.29, 1.82) is 0 Å². The predicted molar refractivity (Wildman–Crippen MR) is 127 cm³/mol. The molecule has 32 heavy (non-hydrogen) atoms. The number of piperidine rings is 1. The maximum atomic E-state index is 13.0. The Kier molecular flexibility index (Phi) is 5.18. The van der Waals surface area contributed by atoms with Crippen LogP contribution < -0.4 is 15.8 Å². The Bertz CT molecular complexity index is 1150. The zero-order valence-corrected chi connectivity index (χ0v) is 18.5. The van der Waals surface area contributed by atoms with Crippen molar-refractivity contribution >= 4 is 22.7 Å². The monoisotopic (exact) mass is 429 g/mol. The largest absolute Gasteiger partial charge is 0.317 e. The van der Waals surface area contributed by atoms with E-state index in [9.17, 15) is 4.79 Å². The maximum Gasteiger partial charge on any atom is 0.252 e. The van der Waals surface area contributed by atoms with Crippen molar-refractivity contribution in [3.63, 3.8) is 0 Å². The van der Waals surface area contributed by atoms with E-state index < -0.39 is 0 Å². The van der Waals surface area contributed by atoms with E-state index in [-0.39, 0.29) is 5.56 Å². The number of para-hydroxylation sites is 1. The summed E-state index contributed by atoms with van der Waals surface area (Å²) in [6.07, 6.45) is 9.29. The van der Waals surface area contributed by atoms with Crippen LogP contribution in [0.2, 0.25) is 0 Å². The summed E-state index contributed by atoms with van der Waals surface area (Å²) in [4.78, 5) is 25.1. The summed E-state index contributed by atoms with van der Waals surface area (Å²) in [5.41, 5.74) is 1.94. The number of pyridine rings is 1. The number of hydrogen-bond donors (Lipinski definition) is 1. The summed E-state index contributed by atoms with van der Waals surface area (Å²) < 4.78 is 1.93. The van der Waals surface area contributed by atoms with Crippen LogP contribution >= 0.6 is 0 Å². The lowest BCUT2D eigenvalue weighted by Gasteiger charge is -2.35. The third-order valence-corrected chi connectivity index (χ3v) is 7.94. The minimum Gasteiger partial charge on any atom is -0.317 e. The molecule has 166 valence electrons. The minimum atomic E-state index is 0.0538. The molecule has 1 saturated heterocycles. The fraction of sp³-hybridized carbons (Fsp3) is 0.500. The zero-order chi connectivity index (χ0) is 21.5. The molecular formula is C26H31N5O. The third-order valence-electron chi connectivity index (χ3n) is 7.94. The summed E-state index contributed by atoms with van der Waals surface area (Å²) in [6, 6.07) is 14.3. The van der Waals surface area contributed by atoms with Crippen LogP contribution in [0.4, 0.5) is 11.6 Å². The van der Waals surface area contributed by atoms with E-state index in [4.69, 9.17) is 9.97 Å². The maximum absolute atomic E-state index is 13.0. The van der Waals surface area contributed by atoms with Crippen LogP contribution in [0.5, 0.6) is 0 Å². The first-order chi connectivity index (χ1) is 15.8. The van der Waals surface area contributed by atoms with E-state index in [1.165, 1.54) is 25.7 Å². The van der Waals surface area contributed by atoms with Crippen LogP contribution in [-0.4, -0.2) is 33.7 Å². The molecule has 0 amide bonds. The normalized spacial score (nSPS) is 25.4. The van der Waals surface area contributed by atoms with Gasteiger partial charge in [-0.3, -0.25) is 9.36 Å². The van der Waals surface area contributed by atoms with Crippen molar-refractivity contribution < 1.29 is 0 Å². The lowest BCUT2D eigenvalue weighted by Crippen LogP contribution is -2.41. The number of rotatable bonds is 5. The Morgan fingerprint density at radius 1 is 1.00 bits per heavy atom. The first kappa shape index (κ1) is 19.9. The Hall–Kier alpha value is -2.73. The van der Waals surface area contributed by atoms with Gasteiger partial charge in [-0.05, 0) is 81.1 Å². The van der Waals surface area contributed by atoms with Gasteiger partial charge in [-0.2, -0.15) is 4.98 Å². The third kappa shape index (κ3) is 3.60. The lowest BCUT2D eigenvalue weighted by molar-refractivity contribution is 0.295. The Morgan fingerprint density at radius 2 is 1.84 bits per heavy atom. The predicted octanol–water partition coefficient (Wildman–Crippen LogP) is 4.12. The second kappa shape index (κ2) is 8.32. The summed E-state index contributed by atoms with van der Waals surface area (Å²) in [5, 5.41) is 4.40. The highest BCUT2D eigenvalue weighted by Gasteiger charge is 2.39. The highest BCUT2D eigenvalue weighted by Crippen LogP contribution is 2.48. The van der Waals surface area contributed by atoms with Gasteiger partial charge in [-0.15, -0.1) is 0 Å². The second-order valence-corrected chi connectivity index (χ2v) is 9.85. The Morgan fingerprint density at radius 3 is 2.59 bits per heavy atom. The molecule has 6 heteroatoms. The molecule has 2 saturated carbocycles. The minimum absolute atomic E-state index is 0.0538. The summed E-state index contributed by atoms with van der Waals surface area (Å²) in [5.74, 6) is 2.95. The number of nitrogens with one attached hydrogen (secondary N) is 1. The SMILES string of the molecule is O=c1ccc2cnc(N(c3ccccc3)C3CCNCC3)nc2n1CC1CC2CCC1C2. The number of anilines is 2. The van der Waals surface area contributed by atoms with Gasteiger partial charge in [0.25, 0.3) is 5.56 Å². The number of hydrogen-bond acceptors (Lipinski definition) is 5. The molecule has 1 aromatic carbocycles. The van der Waals surface area contributed by atoms with E-state index in [1.807, 2.05) is 22.9 Å².